The normalized spacial score (nSPS) is 15.3. The number of nitrogens with zero attached hydrogens (tertiary/aromatic N) is 1. The Hall–Kier alpha value is -1.46. The summed E-state index contributed by atoms with van der Waals surface area (Å²) in [6, 6.07) is 5.59. The molecule has 2 N–H and O–H groups in total. The number of fused-ring (bicyclic) bond motifs is 1. The molecule has 100 valence electrons. The van der Waals surface area contributed by atoms with Crippen LogP contribution in [0.25, 0.3) is 0 Å². The molecule has 1 aromatic carbocycles. The molecule has 0 saturated heterocycles. The lowest BCUT2D eigenvalue weighted by Crippen LogP contribution is -2.35. The fourth-order valence-electron chi connectivity index (χ4n) is 2.02. The maximum atomic E-state index is 9.32. The third-order valence-corrected chi connectivity index (χ3v) is 3.15. The molecule has 0 radical (unpaired) electrons. The number of rotatable bonds is 5. The van der Waals surface area contributed by atoms with Crippen molar-refractivity contribution in [1.29, 1.82) is 0 Å². The van der Waals surface area contributed by atoms with Crippen LogP contribution in [-0.4, -0.2) is 49.7 Å². The Balaban J connectivity index is 2.17. The summed E-state index contributed by atoms with van der Waals surface area (Å²) in [5.74, 6) is 1.48. The zero-order valence-electron chi connectivity index (χ0n) is 10.5. The van der Waals surface area contributed by atoms with Crippen LogP contribution in [0.5, 0.6) is 11.5 Å². The van der Waals surface area contributed by atoms with Gasteiger partial charge in [-0.05, 0) is 18.6 Å². The molecular weight excluding hydrogens is 234 g/mol. The van der Waals surface area contributed by atoms with Gasteiger partial charge in [-0.15, -0.1) is 0 Å². The van der Waals surface area contributed by atoms with E-state index in [-0.39, 0.29) is 19.3 Å². The number of aliphatic hydroxyl groups is 2. The third-order valence-electron chi connectivity index (χ3n) is 3.15. The SMILES string of the molecule is CN(c1ccc2c(c1)OCCO2)C(CO)CCO. The minimum absolute atomic E-state index is 0.00546. The van der Waals surface area contributed by atoms with E-state index in [4.69, 9.17) is 14.6 Å². The van der Waals surface area contributed by atoms with E-state index in [1.54, 1.807) is 0 Å². The van der Waals surface area contributed by atoms with E-state index in [0.29, 0.717) is 19.6 Å². The van der Waals surface area contributed by atoms with Crippen molar-refractivity contribution in [3.05, 3.63) is 18.2 Å². The number of hydrogen-bond donors (Lipinski definition) is 2. The summed E-state index contributed by atoms with van der Waals surface area (Å²) in [5.41, 5.74) is 0.937. The fourth-order valence-corrected chi connectivity index (χ4v) is 2.02. The van der Waals surface area contributed by atoms with Gasteiger partial charge in [0.2, 0.25) is 0 Å². The Labute approximate surface area is 107 Å². The lowest BCUT2D eigenvalue weighted by atomic mass is 10.1. The van der Waals surface area contributed by atoms with Gasteiger partial charge >= 0.3 is 0 Å². The van der Waals surface area contributed by atoms with Crippen LogP contribution < -0.4 is 14.4 Å². The first kappa shape index (κ1) is 13.0. The van der Waals surface area contributed by atoms with Gasteiger partial charge < -0.3 is 24.6 Å². The maximum Gasteiger partial charge on any atom is 0.163 e. The molecule has 1 unspecified atom stereocenters. The molecule has 5 nitrogen and oxygen atoms in total. The van der Waals surface area contributed by atoms with E-state index in [2.05, 4.69) is 0 Å². The summed E-state index contributed by atoms with van der Waals surface area (Å²) in [7, 11) is 1.89. The van der Waals surface area contributed by atoms with E-state index in [9.17, 15) is 5.11 Å². The van der Waals surface area contributed by atoms with Crippen molar-refractivity contribution < 1.29 is 19.7 Å². The lowest BCUT2D eigenvalue weighted by molar-refractivity contribution is 0.171. The molecule has 1 aliphatic rings. The van der Waals surface area contributed by atoms with Crippen LogP contribution in [0.15, 0.2) is 18.2 Å². The Bertz CT molecular complexity index is 397. The van der Waals surface area contributed by atoms with Gasteiger partial charge in [0.1, 0.15) is 13.2 Å². The van der Waals surface area contributed by atoms with Crippen molar-refractivity contribution in [2.45, 2.75) is 12.5 Å². The fraction of sp³-hybridized carbons (Fsp3) is 0.538. The van der Waals surface area contributed by atoms with Gasteiger partial charge in [-0.3, -0.25) is 0 Å². The predicted octanol–water partition coefficient (Wildman–Crippen LogP) is 0.637. The third kappa shape index (κ3) is 2.68. The quantitative estimate of drug-likeness (QED) is 0.806. The molecule has 0 aliphatic carbocycles. The van der Waals surface area contributed by atoms with Crippen molar-refractivity contribution in [3.8, 4) is 11.5 Å². The average molecular weight is 253 g/mol. The molecular formula is C13H19NO4. The predicted molar refractivity (Wildman–Crippen MR) is 68.4 cm³/mol. The van der Waals surface area contributed by atoms with Gasteiger partial charge in [0.15, 0.2) is 11.5 Å². The lowest BCUT2D eigenvalue weighted by Gasteiger charge is -2.29. The molecule has 1 atom stereocenters. The van der Waals surface area contributed by atoms with E-state index >= 15 is 0 Å². The first-order valence-electron chi connectivity index (χ1n) is 6.10. The number of benzene rings is 1. The molecule has 18 heavy (non-hydrogen) atoms. The minimum atomic E-state index is -0.0995. The topological polar surface area (TPSA) is 62.2 Å². The summed E-state index contributed by atoms with van der Waals surface area (Å²) < 4.78 is 11.0. The average Bonchev–Trinajstić information content (AvgIpc) is 2.43. The zero-order valence-corrected chi connectivity index (χ0v) is 10.5. The Morgan fingerprint density at radius 2 is 1.94 bits per heavy atom. The highest BCUT2D eigenvalue weighted by Gasteiger charge is 2.17. The van der Waals surface area contributed by atoms with Gasteiger partial charge in [0.25, 0.3) is 0 Å². The summed E-state index contributed by atoms with van der Waals surface area (Å²) in [6.07, 6.45) is 0.529. The number of hydrogen-bond acceptors (Lipinski definition) is 5. The highest BCUT2D eigenvalue weighted by atomic mass is 16.6. The number of anilines is 1. The summed E-state index contributed by atoms with van der Waals surface area (Å²) in [6.45, 7) is 1.19. The molecule has 1 heterocycles. The van der Waals surface area contributed by atoms with Crippen LogP contribution in [0.4, 0.5) is 5.69 Å². The summed E-state index contributed by atoms with van der Waals surface area (Å²) >= 11 is 0. The molecule has 5 heteroatoms. The Kier molecular flexibility index (Phi) is 4.28. The first-order chi connectivity index (χ1) is 8.76. The highest BCUT2D eigenvalue weighted by Crippen LogP contribution is 2.34. The maximum absolute atomic E-state index is 9.32. The molecule has 2 rings (SSSR count). The molecule has 0 bridgehead atoms. The highest BCUT2D eigenvalue weighted by molar-refractivity contribution is 5.57. The van der Waals surface area contributed by atoms with Crippen molar-refractivity contribution in [2.75, 3.05) is 38.4 Å². The largest absolute Gasteiger partial charge is 0.486 e. The molecule has 0 spiro atoms. The molecule has 0 saturated carbocycles. The van der Waals surface area contributed by atoms with Crippen molar-refractivity contribution in [3.63, 3.8) is 0 Å². The molecule has 1 aliphatic heterocycles. The van der Waals surface area contributed by atoms with Crippen molar-refractivity contribution in [2.24, 2.45) is 0 Å². The standard InChI is InChI=1S/C13H19NO4/c1-14(11(9-16)4-5-15)10-2-3-12-13(8-10)18-7-6-17-12/h2-3,8,11,15-16H,4-7,9H2,1H3. The van der Waals surface area contributed by atoms with Crippen LogP contribution in [-0.2, 0) is 0 Å². The van der Waals surface area contributed by atoms with E-state index in [1.807, 2.05) is 30.1 Å². The number of ether oxygens (including phenoxy) is 2. The number of aliphatic hydroxyl groups excluding tert-OH is 2. The van der Waals surface area contributed by atoms with Gasteiger partial charge in [0, 0.05) is 25.4 Å². The second-order valence-electron chi connectivity index (χ2n) is 4.29. The minimum Gasteiger partial charge on any atom is -0.486 e. The van der Waals surface area contributed by atoms with E-state index in [1.165, 1.54) is 0 Å². The van der Waals surface area contributed by atoms with E-state index in [0.717, 1.165) is 17.2 Å². The second kappa shape index (κ2) is 5.93. The van der Waals surface area contributed by atoms with Crippen LogP contribution in [0.1, 0.15) is 6.42 Å². The van der Waals surface area contributed by atoms with Crippen molar-refractivity contribution >= 4 is 5.69 Å². The number of likely N-dealkylation sites (N-methyl/N-ethyl adjacent to an activating group) is 1. The van der Waals surface area contributed by atoms with Gasteiger partial charge in [-0.2, -0.15) is 0 Å². The van der Waals surface area contributed by atoms with E-state index < -0.39 is 0 Å². The van der Waals surface area contributed by atoms with Gasteiger partial charge in [-0.25, -0.2) is 0 Å². The summed E-state index contributed by atoms with van der Waals surface area (Å²) in [5, 5.41) is 18.3. The van der Waals surface area contributed by atoms with Gasteiger partial charge in [0.05, 0.1) is 12.6 Å². The van der Waals surface area contributed by atoms with Crippen molar-refractivity contribution in [1.82, 2.24) is 0 Å². The Morgan fingerprint density at radius 1 is 1.22 bits per heavy atom. The Morgan fingerprint density at radius 3 is 2.61 bits per heavy atom. The van der Waals surface area contributed by atoms with Crippen LogP contribution >= 0.6 is 0 Å². The van der Waals surface area contributed by atoms with Gasteiger partial charge in [-0.1, -0.05) is 0 Å². The van der Waals surface area contributed by atoms with Crippen LogP contribution in [0, 0.1) is 0 Å². The first-order valence-corrected chi connectivity index (χ1v) is 6.10. The molecule has 0 amide bonds. The van der Waals surface area contributed by atoms with Crippen LogP contribution in [0.2, 0.25) is 0 Å². The van der Waals surface area contributed by atoms with Crippen LogP contribution in [0.3, 0.4) is 0 Å². The zero-order chi connectivity index (χ0) is 13.0. The summed E-state index contributed by atoms with van der Waals surface area (Å²) in [4.78, 5) is 1.94. The molecule has 0 aromatic heterocycles. The monoisotopic (exact) mass is 253 g/mol. The molecule has 0 fully saturated rings. The smallest absolute Gasteiger partial charge is 0.163 e. The second-order valence-corrected chi connectivity index (χ2v) is 4.29. The molecule has 1 aromatic rings.